The van der Waals surface area contributed by atoms with E-state index in [2.05, 4.69) is 4.72 Å². The van der Waals surface area contributed by atoms with Crippen LogP contribution in [0.15, 0.2) is 0 Å². The van der Waals surface area contributed by atoms with Crippen LogP contribution in [0.25, 0.3) is 0 Å². The molecule has 0 amide bonds. The van der Waals surface area contributed by atoms with Crippen LogP contribution in [0.1, 0.15) is 13.8 Å². The van der Waals surface area contributed by atoms with E-state index >= 15 is 0 Å². The number of nitrogens with one attached hydrogen (secondary N) is 1. The predicted octanol–water partition coefficient (Wildman–Crippen LogP) is -0.794. The molecule has 0 heterocycles. The summed E-state index contributed by atoms with van der Waals surface area (Å²) in [4.78, 5) is 0. The molecule has 0 spiro atoms. The van der Waals surface area contributed by atoms with Crippen LogP contribution < -0.4 is 4.72 Å². The predicted molar refractivity (Wildman–Crippen MR) is 59.5 cm³/mol. The quantitative estimate of drug-likeness (QED) is 0.676. The van der Waals surface area contributed by atoms with Crippen LogP contribution in [0.2, 0.25) is 0 Å². The van der Waals surface area contributed by atoms with Gasteiger partial charge in [-0.3, -0.25) is 0 Å². The highest BCUT2D eigenvalue weighted by molar-refractivity contribution is 7.88. The van der Waals surface area contributed by atoms with Crippen molar-refractivity contribution in [2.75, 3.05) is 25.6 Å². The number of hydrogen-bond acceptors (Lipinski definition) is 4. The monoisotopic (exact) mass is 258 g/mol. The molecule has 0 aliphatic carbocycles. The molecular formula is C7H18N2O4S2. The van der Waals surface area contributed by atoms with Crippen molar-refractivity contribution in [3.63, 3.8) is 0 Å². The minimum Gasteiger partial charge on any atom is -0.214 e. The van der Waals surface area contributed by atoms with E-state index in [-0.39, 0.29) is 19.1 Å². The van der Waals surface area contributed by atoms with E-state index in [1.165, 1.54) is 4.31 Å². The minimum atomic E-state index is -3.28. The Morgan fingerprint density at radius 3 is 1.87 bits per heavy atom. The molecule has 0 saturated carbocycles. The highest BCUT2D eigenvalue weighted by Gasteiger charge is 2.19. The van der Waals surface area contributed by atoms with Crippen molar-refractivity contribution in [1.82, 2.24) is 9.03 Å². The summed E-state index contributed by atoms with van der Waals surface area (Å²) in [5.41, 5.74) is 0. The van der Waals surface area contributed by atoms with Gasteiger partial charge in [-0.2, -0.15) is 4.31 Å². The molecule has 0 aromatic rings. The van der Waals surface area contributed by atoms with Crippen LogP contribution in [-0.2, 0) is 20.0 Å². The van der Waals surface area contributed by atoms with Gasteiger partial charge in [0.1, 0.15) is 0 Å². The Balaban J connectivity index is 4.36. The minimum absolute atomic E-state index is 0.0874. The molecule has 1 N–H and O–H groups in total. The summed E-state index contributed by atoms with van der Waals surface area (Å²) in [7, 11) is -6.55. The summed E-state index contributed by atoms with van der Waals surface area (Å²) in [6.07, 6.45) is 2.14. The maximum Gasteiger partial charge on any atom is 0.211 e. The smallest absolute Gasteiger partial charge is 0.211 e. The molecule has 0 fully saturated rings. The Morgan fingerprint density at radius 1 is 1.13 bits per heavy atom. The molecule has 8 heteroatoms. The highest BCUT2D eigenvalue weighted by Crippen LogP contribution is 2.03. The van der Waals surface area contributed by atoms with Gasteiger partial charge in [0.15, 0.2) is 0 Å². The molecule has 0 atom stereocenters. The van der Waals surface area contributed by atoms with E-state index in [4.69, 9.17) is 0 Å². The Hall–Kier alpha value is -0.180. The molecule has 0 radical (unpaired) electrons. The molecule has 0 bridgehead atoms. The van der Waals surface area contributed by atoms with E-state index in [0.717, 1.165) is 12.5 Å². The third-order valence-corrected chi connectivity index (χ3v) is 3.88. The van der Waals surface area contributed by atoms with E-state index in [9.17, 15) is 16.8 Å². The summed E-state index contributed by atoms with van der Waals surface area (Å²) in [5, 5.41) is 0. The molecule has 0 rings (SSSR count). The lowest BCUT2D eigenvalue weighted by Crippen LogP contribution is -2.41. The van der Waals surface area contributed by atoms with Crippen LogP contribution >= 0.6 is 0 Å². The fraction of sp³-hybridized carbons (Fsp3) is 1.00. The maximum atomic E-state index is 11.3. The molecular weight excluding hydrogens is 240 g/mol. The fourth-order valence-corrected chi connectivity index (χ4v) is 2.80. The van der Waals surface area contributed by atoms with Gasteiger partial charge >= 0.3 is 0 Å². The first-order chi connectivity index (χ1) is 6.54. The van der Waals surface area contributed by atoms with Crippen LogP contribution in [0.3, 0.4) is 0 Å². The average molecular weight is 258 g/mol. The Bertz CT molecular complexity index is 385. The molecule has 0 aromatic heterocycles. The van der Waals surface area contributed by atoms with Gasteiger partial charge in [-0.15, -0.1) is 0 Å². The van der Waals surface area contributed by atoms with Crippen LogP contribution in [0.4, 0.5) is 0 Å². The SMILES string of the molecule is CC(C)N(CCNS(C)(=O)=O)S(C)(=O)=O. The van der Waals surface area contributed by atoms with E-state index in [1.54, 1.807) is 13.8 Å². The van der Waals surface area contributed by atoms with E-state index in [0.29, 0.717) is 0 Å². The first-order valence-electron chi connectivity index (χ1n) is 4.45. The molecule has 6 nitrogen and oxygen atoms in total. The maximum absolute atomic E-state index is 11.3. The average Bonchev–Trinajstić information content (AvgIpc) is 1.92. The van der Waals surface area contributed by atoms with Crippen molar-refractivity contribution >= 4 is 20.0 Å². The lowest BCUT2D eigenvalue weighted by atomic mass is 10.4. The van der Waals surface area contributed by atoms with Gasteiger partial charge in [0.2, 0.25) is 20.0 Å². The first kappa shape index (κ1) is 14.8. The summed E-state index contributed by atoms with van der Waals surface area (Å²) < 4.78 is 47.5. The Kier molecular flexibility index (Phi) is 5.18. The molecule has 0 aromatic carbocycles. The van der Waals surface area contributed by atoms with Gasteiger partial charge in [0, 0.05) is 19.1 Å². The van der Waals surface area contributed by atoms with Crippen LogP contribution in [0.5, 0.6) is 0 Å². The third kappa shape index (κ3) is 6.82. The van der Waals surface area contributed by atoms with Gasteiger partial charge in [-0.05, 0) is 13.8 Å². The van der Waals surface area contributed by atoms with Crippen LogP contribution in [0, 0.1) is 0 Å². The Labute approximate surface area is 91.8 Å². The zero-order chi connectivity index (χ0) is 12.3. The second kappa shape index (κ2) is 5.24. The van der Waals surface area contributed by atoms with Crippen molar-refractivity contribution in [3.05, 3.63) is 0 Å². The third-order valence-electron chi connectivity index (χ3n) is 1.70. The summed E-state index contributed by atoms with van der Waals surface area (Å²) in [6, 6.07) is -0.179. The summed E-state index contributed by atoms with van der Waals surface area (Å²) in [5.74, 6) is 0. The van der Waals surface area contributed by atoms with Crippen molar-refractivity contribution < 1.29 is 16.8 Å². The lowest BCUT2D eigenvalue weighted by Gasteiger charge is -2.23. The molecule has 92 valence electrons. The number of hydrogen-bond donors (Lipinski definition) is 1. The molecule has 0 unspecified atom stereocenters. The van der Waals surface area contributed by atoms with Crippen molar-refractivity contribution in [2.45, 2.75) is 19.9 Å². The second-order valence-electron chi connectivity index (χ2n) is 3.63. The Morgan fingerprint density at radius 2 is 1.60 bits per heavy atom. The van der Waals surface area contributed by atoms with Gasteiger partial charge in [0.05, 0.1) is 12.5 Å². The van der Waals surface area contributed by atoms with E-state index in [1.807, 2.05) is 0 Å². The highest BCUT2D eigenvalue weighted by atomic mass is 32.2. The van der Waals surface area contributed by atoms with Gasteiger partial charge < -0.3 is 0 Å². The van der Waals surface area contributed by atoms with Crippen LogP contribution in [-0.4, -0.2) is 52.8 Å². The molecule has 15 heavy (non-hydrogen) atoms. The normalized spacial score (nSPS) is 13.7. The second-order valence-corrected chi connectivity index (χ2v) is 7.40. The first-order valence-corrected chi connectivity index (χ1v) is 8.19. The number of nitrogens with zero attached hydrogens (tertiary/aromatic N) is 1. The zero-order valence-corrected chi connectivity index (χ0v) is 11.0. The molecule has 0 aliphatic rings. The summed E-state index contributed by atoms with van der Waals surface area (Å²) >= 11 is 0. The zero-order valence-electron chi connectivity index (χ0n) is 9.39. The van der Waals surface area contributed by atoms with Gasteiger partial charge in [0.25, 0.3) is 0 Å². The van der Waals surface area contributed by atoms with Gasteiger partial charge in [-0.1, -0.05) is 0 Å². The molecule has 0 aliphatic heterocycles. The largest absolute Gasteiger partial charge is 0.214 e. The van der Waals surface area contributed by atoms with E-state index < -0.39 is 20.0 Å². The lowest BCUT2D eigenvalue weighted by molar-refractivity contribution is 0.360. The fourth-order valence-electron chi connectivity index (χ4n) is 1.15. The van der Waals surface area contributed by atoms with Gasteiger partial charge in [-0.25, -0.2) is 21.6 Å². The number of rotatable bonds is 6. The van der Waals surface area contributed by atoms with Crippen molar-refractivity contribution in [3.8, 4) is 0 Å². The number of sulfonamides is 2. The standard InChI is InChI=1S/C7H18N2O4S2/c1-7(2)9(15(4,12)13)6-5-8-14(3,10)11/h7-8H,5-6H2,1-4H3. The summed E-state index contributed by atoms with van der Waals surface area (Å²) in [6.45, 7) is 3.71. The topological polar surface area (TPSA) is 83.6 Å². The van der Waals surface area contributed by atoms with Crippen molar-refractivity contribution in [1.29, 1.82) is 0 Å². The van der Waals surface area contributed by atoms with Crippen molar-refractivity contribution in [2.24, 2.45) is 0 Å². The molecule has 0 saturated heterocycles.